The van der Waals surface area contributed by atoms with Crippen LogP contribution in [0, 0.1) is 27.9 Å². The molecular weight excluding hydrogens is 400 g/mol. The zero-order valence-electron chi connectivity index (χ0n) is 18.5. The molecule has 8 heteroatoms. The maximum Gasteiger partial charge on any atom is 0.408 e. The average Bonchev–Trinajstić information content (AvgIpc) is 2.59. The molecule has 0 heterocycles. The number of benzene rings is 1. The van der Waals surface area contributed by atoms with Crippen molar-refractivity contribution in [2.45, 2.75) is 77.5 Å². The molecule has 1 unspecified atom stereocenters. The fourth-order valence-electron chi connectivity index (χ4n) is 4.28. The van der Waals surface area contributed by atoms with E-state index in [1.165, 1.54) is 12.1 Å². The highest BCUT2D eigenvalue weighted by atomic mass is 16.6. The molecule has 0 aliphatic heterocycles. The number of esters is 1. The van der Waals surface area contributed by atoms with Crippen LogP contribution in [-0.2, 0) is 20.9 Å². The smallest absolute Gasteiger partial charge is 0.408 e. The van der Waals surface area contributed by atoms with Gasteiger partial charge < -0.3 is 14.8 Å². The number of carbonyl (C=O) groups is 2. The maximum absolute atomic E-state index is 13.1. The molecule has 0 spiro atoms. The van der Waals surface area contributed by atoms with E-state index in [9.17, 15) is 19.7 Å². The van der Waals surface area contributed by atoms with E-state index >= 15 is 0 Å². The molecule has 8 nitrogen and oxygen atoms in total. The van der Waals surface area contributed by atoms with Crippen LogP contribution in [0.3, 0.4) is 0 Å². The van der Waals surface area contributed by atoms with Crippen molar-refractivity contribution in [2.75, 3.05) is 0 Å². The van der Waals surface area contributed by atoms with Gasteiger partial charge in [0.25, 0.3) is 5.69 Å². The highest BCUT2D eigenvalue weighted by Crippen LogP contribution is 2.46. The number of ether oxygens (including phenoxy) is 2. The average molecular weight is 433 g/mol. The van der Waals surface area contributed by atoms with Crippen molar-refractivity contribution in [3.8, 4) is 0 Å². The number of hydrogen-bond donors (Lipinski definition) is 1. The van der Waals surface area contributed by atoms with E-state index in [0.29, 0.717) is 17.4 Å². The molecule has 0 bridgehead atoms. The van der Waals surface area contributed by atoms with E-state index in [1.54, 1.807) is 32.9 Å². The molecule has 0 radical (unpaired) electrons. The fourth-order valence-corrected chi connectivity index (χ4v) is 4.28. The second-order valence-electron chi connectivity index (χ2n) is 9.61. The zero-order valence-corrected chi connectivity index (χ0v) is 18.5. The van der Waals surface area contributed by atoms with Gasteiger partial charge in [-0.1, -0.05) is 38.5 Å². The second kappa shape index (κ2) is 9.66. The van der Waals surface area contributed by atoms with E-state index in [4.69, 9.17) is 9.47 Å². The number of nitro groups is 1. The predicted molar refractivity (Wildman–Crippen MR) is 114 cm³/mol. The largest absolute Gasteiger partial charge is 0.459 e. The number of hydrogen-bond acceptors (Lipinski definition) is 6. The van der Waals surface area contributed by atoms with Crippen molar-refractivity contribution < 1.29 is 24.0 Å². The molecule has 2 fully saturated rings. The molecule has 0 aromatic heterocycles. The van der Waals surface area contributed by atoms with E-state index in [0.717, 1.165) is 38.5 Å². The van der Waals surface area contributed by atoms with Gasteiger partial charge in [0.15, 0.2) is 0 Å². The summed E-state index contributed by atoms with van der Waals surface area (Å²) in [6.45, 7) is 5.34. The Kier molecular flexibility index (Phi) is 7.18. The van der Waals surface area contributed by atoms with Gasteiger partial charge in [0.1, 0.15) is 18.2 Å². The number of carbonyl (C=O) groups excluding carboxylic acids is 2. The van der Waals surface area contributed by atoms with Crippen LogP contribution in [0.2, 0.25) is 0 Å². The van der Waals surface area contributed by atoms with Crippen molar-refractivity contribution in [3.05, 3.63) is 39.9 Å². The van der Waals surface area contributed by atoms with Crippen LogP contribution in [0.4, 0.5) is 10.5 Å². The van der Waals surface area contributed by atoms with Crippen LogP contribution < -0.4 is 5.32 Å². The molecule has 2 saturated carbocycles. The summed E-state index contributed by atoms with van der Waals surface area (Å²) in [5.41, 5.74) is -0.0342. The molecular formula is C23H32N2O6. The van der Waals surface area contributed by atoms with Gasteiger partial charge in [-0.25, -0.2) is 9.59 Å². The van der Waals surface area contributed by atoms with Crippen LogP contribution in [0.1, 0.15) is 64.9 Å². The summed E-state index contributed by atoms with van der Waals surface area (Å²) >= 11 is 0. The Hall–Kier alpha value is -2.64. The lowest BCUT2D eigenvalue weighted by Gasteiger charge is -2.45. The lowest BCUT2D eigenvalue weighted by atomic mass is 9.62. The summed E-state index contributed by atoms with van der Waals surface area (Å²) in [6.07, 6.45) is 5.91. The lowest BCUT2D eigenvalue weighted by molar-refractivity contribution is -0.384. The standard InChI is InChI=1S/C23H32N2O6/c1-23(2,3)31-22(27)24-20(19(16-6-4-7-16)17-8-5-9-17)21(26)30-14-15-10-12-18(13-11-15)25(28)29/h10-13,16-17,19-20H,4-9,14H2,1-3H3,(H,24,27). The van der Waals surface area contributed by atoms with Crippen molar-refractivity contribution in [3.63, 3.8) is 0 Å². The van der Waals surface area contributed by atoms with E-state index < -0.39 is 28.6 Å². The third kappa shape index (κ3) is 6.18. The van der Waals surface area contributed by atoms with Crippen LogP contribution in [0.25, 0.3) is 0 Å². The van der Waals surface area contributed by atoms with Crippen LogP contribution in [0.5, 0.6) is 0 Å². The van der Waals surface area contributed by atoms with Gasteiger partial charge >= 0.3 is 12.1 Å². The third-order valence-electron chi connectivity index (χ3n) is 6.23. The molecule has 31 heavy (non-hydrogen) atoms. The molecule has 1 N–H and O–H groups in total. The van der Waals surface area contributed by atoms with Gasteiger partial charge in [-0.15, -0.1) is 0 Å². The molecule has 3 rings (SSSR count). The lowest BCUT2D eigenvalue weighted by Crippen LogP contribution is -2.54. The summed E-state index contributed by atoms with van der Waals surface area (Å²) in [5.74, 6) is 0.363. The monoisotopic (exact) mass is 432 g/mol. The van der Waals surface area contributed by atoms with E-state index in [2.05, 4.69) is 5.32 Å². The Balaban J connectivity index is 1.71. The van der Waals surface area contributed by atoms with Gasteiger partial charge in [0.05, 0.1) is 4.92 Å². The first-order valence-electron chi connectivity index (χ1n) is 11.0. The molecule has 2 aliphatic carbocycles. The first-order chi connectivity index (χ1) is 14.6. The summed E-state index contributed by atoms with van der Waals surface area (Å²) in [5, 5.41) is 13.6. The Bertz CT molecular complexity index is 779. The maximum atomic E-state index is 13.1. The molecule has 1 atom stereocenters. The first-order valence-corrected chi connectivity index (χ1v) is 11.0. The van der Waals surface area contributed by atoms with Crippen molar-refractivity contribution in [1.82, 2.24) is 5.32 Å². The number of nitrogens with zero attached hydrogens (tertiary/aromatic N) is 1. The van der Waals surface area contributed by atoms with Gasteiger partial charge in [0.2, 0.25) is 0 Å². The number of amides is 1. The third-order valence-corrected chi connectivity index (χ3v) is 6.23. The zero-order chi connectivity index (χ0) is 22.6. The minimum atomic E-state index is -0.761. The number of nitro benzene ring substituents is 1. The van der Waals surface area contributed by atoms with Crippen molar-refractivity contribution >= 4 is 17.7 Å². The van der Waals surface area contributed by atoms with Gasteiger partial charge in [-0.2, -0.15) is 0 Å². The highest BCUT2D eigenvalue weighted by molar-refractivity contribution is 5.82. The Labute approximate surface area is 182 Å². The molecule has 1 amide bonds. The summed E-state index contributed by atoms with van der Waals surface area (Å²) < 4.78 is 11.0. The molecule has 170 valence electrons. The van der Waals surface area contributed by atoms with Crippen LogP contribution >= 0.6 is 0 Å². The first kappa shape index (κ1) is 23.0. The van der Waals surface area contributed by atoms with Gasteiger partial charge in [-0.05, 0) is 56.2 Å². The summed E-state index contributed by atoms with van der Waals surface area (Å²) in [6, 6.07) is 5.13. The van der Waals surface area contributed by atoms with Gasteiger partial charge in [0, 0.05) is 12.1 Å². The Morgan fingerprint density at radius 2 is 1.65 bits per heavy atom. The quantitative estimate of drug-likeness (QED) is 0.361. The van der Waals surface area contributed by atoms with Crippen molar-refractivity contribution in [2.24, 2.45) is 17.8 Å². The highest BCUT2D eigenvalue weighted by Gasteiger charge is 2.45. The van der Waals surface area contributed by atoms with Crippen molar-refractivity contribution in [1.29, 1.82) is 0 Å². The van der Waals surface area contributed by atoms with E-state index in [1.807, 2.05) is 0 Å². The van der Waals surface area contributed by atoms with E-state index in [-0.39, 0.29) is 18.2 Å². The Morgan fingerprint density at radius 3 is 2.06 bits per heavy atom. The fraction of sp³-hybridized carbons (Fsp3) is 0.652. The molecule has 2 aliphatic rings. The second-order valence-corrected chi connectivity index (χ2v) is 9.61. The summed E-state index contributed by atoms with van der Waals surface area (Å²) in [4.78, 5) is 36.0. The SMILES string of the molecule is CC(C)(C)OC(=O)NC(C(=O)OCc1ccc([N+](=O)[O-])cc1)C(C1CCC1)C1CCC1. The number of rotatable bonds is 8. The summed E-state index contributed by atoms with van der Waals surface area (Å²) in [7, 11) is 0. The topological polar surface area (TPSA) is 108 Å². The molecule has 1 aromatic carbocycles. The van der Waals surface area contributed by atoms with Gasteiger partial charge in [-0.3, -0.25) is 10.1 Å². The molecule has 0 saturated heterocycles. The van der Waals surface area contributed by atoms with Crippen LogP contribution in [-0.4, -0.2) is 28.6 Å². The number of nitrogens with one attached hydrogen (secondary N) is 1. The number of non-ortho nitro benzene ring substituents is 1. The number of alkyl carbamates (subject to hydrolysis) is 1. The normalized spacial score (nSPS) is 17.9. The predicted octanol–water partition coefficient (Wildman–Crippen LogP) is 4.75. The Morgan fingerprint density at radius 1 is 1.10 bits per heavy atom. The minimum absolute atomic E-state index is 0.00855. The van der Waals surface area contributed by atoms with Crippen LogP contribution in [0.15, 0.2) is 24.3 Å². The minimum Gasteiger partial charge on any atom is -0.459 e. The molecule has 1 aromatic rings.